The molecule has 0 fully saturated rings. The van der Waals surface area contributed by atoms with Gasteiger partial charge in [0.15, 0.2) is 0 Å². The van der Waals surface area contributed by atoms with Crippen molar-refractivity contribution in [2.24, 2.45) is 0 Å². The number of ether oxygens (including phenoxy) is 1. The van der Waals surface area contributed by atoms with E-state index in [9.17, 15) is 0 Å². The molecule has 0 aliphatic heterocycles. The molecule has 0 spiro atoms. The van der Waals surface area contributed by atoms with Gasteiger partial charge >= 0.3 is 0 Å². The lowest BCUT2D eigenvalue weighted by Crippen LogP contribution is -2.03. The van der Waals surface area contributed by atoms with Crippen molar-refractivity contribution < 1.29 is 4.74 Å². The van der Waals surface area contributed by atoms with Crippen LogP contribution < -0.4 is 4.74 Å². The standard InChI is InChI=1S/C44H37N5O/c1-5-30-12-9-17-38-39-18-10-13-31(6-2)44(39)47(43(30)38)32-22-23-45-42(26-32)48-40-19-8-7-16-36(40)37-21-20-35(27-41(37)48)50-34-15-11-14-33(25-34)49-29(4)24-28(3)46-49/h7-27H,5-6H2,1-4H3. The van der Waals surface area contributed by atoms with E-state index in [2.05, 4.69) is 138 Å². The van der Waals surface area contributed by atoms with Crippen LogP contribution in [0.5, 0.6) is 11.5 Å². The van der Waals surface area contributed by atoms with Crippen LogP contribution >= 0.6 is 0 Å². The van der Waals surface area contributed by atoms with Crippen molar-refractivity contribution in [3.05, 3.63) is 150 Å². The summed E-state index contributed by atoms with van der Waals surface area (Å²) in [5.41, 5.74) is 11.5. The van der Waals surface area contributed by atoms with Crippen molar-refractivity contribution in [2.45, 2.75) is 40.5 Å². The molecule has 6 heteroatoms. The quantitative estimate of drug-likeness (QED) is 0.172. The maximum absolute atomic E-state index is 6.53. The van der Waals surface area contributed by atoms with E-state index >= 15 is 0 Å². The number of aromatic nitrogens is 5. The van der Waals surface area contributed by atoms with E-state index in [1.165, 1.54) is 38.3 Å². The molecule has 0 saturated heterocycles. The molecular formula is C44H37N5O. The highest BCUT2D eigenvalue weighted by molar-refractivity contribution is 6.12. The van der Waals surface area contributed by atoms with Gasteiger partial charge in [0, 0.05) is 51.6 Å². The highest BCUT2D eigenvalue weighted by atomic mass is 16.5. The van der Waals surface area contributed by atoms with Gasteiger partial charge in [-0.1, -0.05) is 74.5 Å². The highest BCUT2D eigenvalue weighted by Gasteiger charge is 2.19. The van der Waals surface area contributed by atoms with Crippen LogP contribution in [-0.4, -0.2) is 23.9 Å². The number of para-hydroxylation sites is 3. The largest absolute Gasteiger partial charge is 0.457 e. The second-order valence-electron chi connectivity index (χ2n) is 13.0. The summed E-state index contributed by atoms with van der Waals surface area (Å²) in [7, 11) is 0. The van der Waals surface area contributed by atoms with Gasteiger partial charge in [-0.3, -0.25) is 4.57 Å². The number of nitrogens with zero attached hydrogens (tertiary/aromatic N) is 5. The van der Waals surface area contributed by atoms with Gasteiger partial charge in [0.2, 0.25) is 0 Å². The summed E-state index contributed by atoms with van der Waals surface area (Å²) in [5.74, 6) is 2.36. The average Bonchev–Trinajstić information content (AvgIpc) is 3.79. The molecule has 0 aliphatic carbocycles. The minimum Gasteiger partial charge on any atom is -0.457 e. The molecule has 0 atom stereocenters. The van der Waals surface area contributed by atoms with Gasteiger partial charge in [-0.25, -0.2) is 9.67 Å². The molecule has 50 heavy (non-hydrogen) atoms. The Labute approximate surface area is 290 Å². The second kappa shape index (κ2) is 11.8. The predicted molar refractivity (Wildman–Crippen MR) is 205 cm³/mol. The van der Waals surface area contributed by atoms with Crippen molar-refractivity contribution >= 4 is 43.6 Å². The summed E-state index contributed by atoms with van der Waals surface area (Å²) >= 11 is 0. The van der Waals surface area contributed by atoms with Crippen LogP contribution in [0.1, 0.15) is 36.4 Å². The summed E-state index contributed by atoms with van der Waals surface area (Å²) < 4.78 is 13.2. The third kappa shape index (κ3) is 4.71. The molecule has 0 aliphatic rings. The zero-order chi connectivity index (χ0) is 33.9. The molecule has 6 nitrogen and oxygen atoms in total. The maximum atomic E-state index is 6.53. The molecule has 0 saturated carbocycles. The first-order chi connectivity index (χ1) is 24.5. The Kier molecular flexibility index (Phi) is 7.06. The van der Waals surface area contributed by atoms with Crippen LogP contribution in [0.15, 0.2) is 128 Å². The molecule has 9 rings (SSSR count). The number of pyridine rings is 1. The Morgan fingerprint density at radius 1 is 0.560 bits per heavy atom. The number of hydrogen-bond donors (Lipinski definition) is 0. The van der Waals surface area contributed by atoms with Crippen LogP contribution in [0.25, 0.3) is 60.8 Å². The summed E-state index contributed by atoms with van der Waals surface area (Å²) in [6.07, 6.45) is 3.84. The fourth-order valence-corrected chi connectivity index (χ4v) is 7.72. The van der Waals surface area contributed by atoms with Crippen LogP contribution in [0.3, 0.4) is 0 Å². The molecule has 4 aromatic heterocycles. The molecule has 0 bridgehead atoms. The minimum absolute atomic E-state index is 0.752. The maximum Gasteiger partial charge on any atom is 0.139 e. The monoisotopic (exact) mass is 651 g/mol. The Balaban J connectivity index is 1.22. The zero-order valence-corrected chi connectivity index (χ0v) is 28.7. The molecule has 0 amide bonds. The topological polar surface area (TPSA) is 49.8 Å². The van der Waals surface area contributed by atoms with Gasteiger partial charge in [0.25, 0.3) is 0 Å². The van der Waals surface area contributed by atoms with Gasteiger partial charge in [-0.2, -0.15) is 5.10 Å². The number of fused-ring (bicyclic) bond motifs is 6. The van der Waals surface area contributed by atoms with Gasteiger partial charge in [0.05, 0.1) is 39.1 Å². The SMILES string of the molecule is CCc1cccc2c3cccc(CC)c3n(-c3ccnc(-n4c5ccccc5c5ccc(Oc6cccc(-n7nc(C)cc7C)c6)cc54)c3)c12. The molecular weight excluding hydrogens is 615 g/mol. The minimum atomic E-state index is 0.752. The number of benzene rings is 5. The number of hydrogen-bond acceptors (Lipinski definition) is 3. The lowest BCUT2D eigenvalue weighted by molar-refractivity contribution is 0.482. The summed E-state index contributed by atoms with van der Waals surface area (Å²) in [4.78, 5) is 5.01. The second-order valence-corrected chi connectivity index (χ2v) is 13.0. The molecule has 9 aromatic rings. The van der Waals surface area contributed by atoms with Gasteiger partial charge in [0.1, 0.15) is 17.3 Å². The zero-order valence-electron chi connectivity index (χ0n) is 28.7. The summed E-state index contributed by atoms with van der Waals surface area (Å²) in [6.45, 7) is 8.55. The first kappa shape index (κ1) is 30.0. The van der Waals surface area contributed by atoms with Crippen molar-refractivity contribution in [2.75, 3.05) is 0 Å². The van der Waals surface area contributed by atoms with Gasteiger partial charge in [-0.15, -0.1) is 0 Å². The van der Waals surface area contributed by atoms with Crippen LogP contribution in [0, 0.1) is 13.8 Å². The fourth-order valence-electron chi connectivity index (χ4n) is 7.72. The molecule has 0 radical (unpaired) electrons. The van der Waals surface area contributed by atoms with E-state index in [1.807, 2.05) is 36.0 Å². The Bertz CT molecular complexity index is 2680. The highest BCUT2D eigenvalue weighted by Crippen LogP contribution is 2.38. The molecule has 244 valence electrons. The lowest BCUT2D eigenvalue weighted by atomic mass is 10.1. The Morgan fingerprint density at radius 2 is 1.24 bits per heavy atom. The number of rotatable bonds is 7. The van der Waals surface area contributed by atoms with Crippen LogP contribution in [0.2, 0.25) is 0 Å². The third-order valence-corrected chi connectivity index (χ3v) is 9.91. The fraction of sp³-hybridized carbons (Fsp3) is 0.136. The summed E-state index contributed by atoms with van der Waals surface area (Å²) in [6, 6.07) is 42.8. The molecule has 5 aromatic carbocycles. The normalized spacial score (nSPS) is 11.8. The number of aryl methyl sites for hydroxylation is 4. The van der Waals surface area contributed by atoms with Crippen molar-refractivity contribution in [1.82, 2.24) is 23.9 Å². The van der Waals surface area contributed by atoms with E-state index in [0.29, 0.717) is 0 Å². The molecule has 0 unspecified atom stereocenters. The van der Waals surface area contributed by atoms with Crippen LogP contribution in [0.4, 0.5) is 0 Å². The average molecular weight is 652 g/mol. The Hall–Kier alpha value is -6.14. The molecule has 0 N–H and O–H groups in total. The molecule has 4 heterocycles. The first-order valence-electron chi connectivity index (χ1n) is 17.4. The third-order valence-electron chi connectivity index (χ3n) is 9.91. The van der Waals surface area contributed by atoms with E-state index in [-0.39, 0.29) is 0 Å². The van der Waals surface area contributed by atoms with E-state index in [0.717, 1.165) is 69.3 Å². The smallest absolute Gasteiger partial charge is 0.139 e. The van der Waals surface area contributed by atoms with Crippen molar-refractivity contribution in [3.63, 3.8) is 0 Å². The first-order valence-corrected chi connectivity index (χ1v) is 17.4. The summed E-state index contributed by atoms with van der Waals surface area (Å²) in [5, 5.41) is 9.56. The van der Waals surface area contributed by atoms with Crippen molar-refractivity contribution in [3.8, 4) is 28.7 Å². The van der Waals surface area contributed by atoms with E-state index in [4.69, 9.17) is 9.72 Å². The van der Waals surface area contributed by atoms with E-state index in [1.54, 1.807) is 0 Å². The van der Waals surface area contributed by atoms with Crippen LogP contribution in [-0.2, 0) is 12.8 Å². The van der Waals surface area contributed by atoms with Crippen molar-refractivity contribution in [1.29, 1.82) is 0 Å². The van der Waals surface area contributed by atoms with Gasteiger partial charge in [-0.05, 0) is 80.3 Å². The predicted octanol–water partition coefficient (Wildman–Crippen LogP) is 11.0. The van der Waals surface area contributed by atoms with E-state index < -0.39 is 0 Å². The lowest BCUT2D eigenvalue weighted by Gasteiger charge is -2.15. The van der Waals surface area contributed by atoms with Gasteiger partial charge < -0.3 is 9.30 Å². The Morgan fingerprint density at radius 3 is 1.96 bits per heavy atom.